The molecule has 3 nitrogen and oxygen atoms in total. The summed E-state index contributed by atoms with van der Waals surface area (Å²) < 4.78 is 2.01. The molecular weight excluding hydrogens is 212 g/mol. The average Bonchev–Trinajstić information content (AvgIpc) is 2.73. The van der Waals surface area contributed by atoms with Crippen LogP contribution in [0.2, 0.25) is 0 Å². The van der Waals surface area contributed by atoms with E-state index in [9.17, 15) is 4.79 Å². The second-order valence-corrected chi connectivity index (χ2v) is 4.36. The molecule has 0 saturated carbocycles. The molecular formula is C14H18N2O. The summed E-state index contributed by atoms with van der Waals surface area (Å²) in [5, 5.41) is 1.22. The van der Waals surface area contributed by atoms with Crippen molar-refractivity contribution in [2.75, 3.05) is 13.6 Å². The monoisotopic (exact) mass is 230 g/mol. The second kappa shape index (κ2) is 4.62. The molecule has 1 aromatic heterocycles. The van der Waals surface area contributed by atoms with Crippen LogP contribution in [0.25, 0.3) is 10.9 Å². The predicted octanol–water partition coefficient (Wildman–Crippen LogP) is 2.43. The fraction of sp³-hybridized carbons (Fsp3) is 0.357. The van der Waals surface area contributed by atoms with Crippen LogP contribution < -0.4 is 0 Å². The number of amides is 1. The Labute approximate surface area is 102 Å². The molecule has 0 radical (unpaired) electrons. The Balaban J connectivity index is 2.31. The van der Waals surface area contributed by atoms with Crippen molar-refractivity contribution in [1.29, 1.82) is 0 Å². The Bertz CT molecular complexity index is 542. The lowest BCUT2D eigenvalue weighted by Gasteiger charge is -2.15. The summed E-state index contributed by atoms with van der Waals surface area (Å²) >= 11 is 0. The molecule has 17 heavy (non-hydrogen) atoms. The van der Waals surface area contributed by atoms with E-state index in [2.05, 4.69) is 25.1 Å². The van der Waals surface area contributed by atoms with Crippen molar-refractivity contribution in [3.63, 3.8) is 0 Å². The van der Waals surface area contributed by atoms with Gasteiger partial charge in [0, 0.05) is 30.7 Å². The molecule has 0 spiro atoms. The van der Waals surface area contributed by atoms with Gasteiger partial charge >= 0.3 is 0 Å². The zero-order valence-electron chi connectivity index (χ0n) is 10.6. The zero-order chi connectivity index (χ0) is 12.4. The number of fused-ring (bicyclic) bond motifs is 1. The molecule has 0 aliphatic heterocycles. The normalized spacial score (nSPS) is 10.8. The van der Waals surface area contributed by atoms with Crippen molar-refractivity contribution in [2.45, 2.75) is 20.4 Å². The summed E-state index contributed by atoms with van der Waals surface area (Å²) in [6, 6.07) is 8.25. The first-order valence-corrected chi connectivity index (χ1v) is 5.92. The van der Waals surface area contributed by atoms with Crippen LogP contribution in [-0.2, 0) is 11.3 Å². The Morgan fingerprint density at radius 1 is 1.35 bits per heavy atom. The van der Waals surface area contributed by atoms with Gasteiger partial charge in [-0.2, -0.15) is 0 Å². The highest BCUT2D eigenvalue weighted by atomic mass is 16.2. The largest absolute Gasteiger partial charge is 0.344 e. The van der Waals surface area contributed by atoms with Crippen LogP contribution in [0.5, 0.6) is 0 Å². The van der Waals surface area contributed by atoms with E-state index in [1.54, 1.807) is 4.90 Å². The maximum atomic E-state index is 11.9. The van der Waals surface area contributed by atoms with Crippen molar-refractivity contribution in [2.24, 2.45) is 0 Å². The minimum atomic E-state index is 0.145. The van der Waals surface area contributed by atoms with Crippen LogP contribution in [-0.4, -0.2) is 29.0 Å². The van der Waals surface area contributed by atoms with Gasteiger partial charge in [-0.05, 0) is 31.5 Å². The van der Waals surface area contributed by atoms with E-state index in [1.807, 2.05) is 30.8 Å². The van der Waals surface area contributed by atoms with E-state index in [0.29, 0.717) is 6.54 Å². The third-order valence-electron chi connectivity index (χ3n) is 3.24. The maximum absolute atomic E-state index is 11.9. The van der Waals surface area contributed by atoms with Gasteiger partial charge in [-0.1, -0.05) is 12.1 Å². The molecule has 0 fully saturated rings. The van der Waals surface area contributed by atoms with Gasteiger partial charge in [0.2, 0.25) is 5.91 Å². The number of carbonyl (C=O) groups is 1. The van der Waals surface area contributed by atoms with Gasteiger partial charge in [-0.25, -0.2) is 0 Å². The van der Waals surface area contributed by atoms with E-state index in [4.69, 9.17) is 0 Å². The van der Waals surface area contributed by atoms with Crippen LogP contribution >= 0.6 is 0 Å². The van der Waals surface area contributed by atoms with Gasteiger partial charge in [-0.3, -0.25) is 4.79 Å². The molecule has 0 N–H and O–H groups in total. The molecule has 3 heteroatoms. The first-order valence-electron chi connectivity index (χ1n) is 5.92. The summed E-state index contributed by atoms with van der Waals surface area (Å²) in [5.41, 5.74) is 2.38. The Morgan fingerprint density at radius 3 is 2.82 bits per heavy atom. The SMILES string of the molecule is CCN(C)C(=O)Cn1ccc2c(C)cccc21. The fourth-order valence-corrected chi connectivity index (χ4v) is 1.96. The van der Waals surface area contributed by atoms with Crippen molar-refractivity contribution in [1.82, 2.24) is 9.47 Å². The zero-order valence-corrected chi connectivity index (χ0v) is 10.6. The molecule has 2 aromatic rings. The van der Waals surface area contributed by atoms with E-state index >= 15 is 0 Å². The predicted molar refractivity (Wildman–Crippen MR) is 70.0 cm³/mol. The molecule has 2 rings (SSSR count). The van der Waals surface area contributed by atoms with Crippen LogP contribution in [0, 0.1) is 6.92 Å². The van der Waals surface area contributed by atoms with Crippen molar-refractivity contribution >= 4 is 16.8 Å². The number of benzene rings is 1. The summed E-state index contributed by atoms with van der Waals surface area (Å²) in [7, 11) is 1.83. The van der Waals surface area contributed by atoms with E-state index in [0.717, 1.165) is 12.1 Å². The molecule has 0 aliphatic rings. The minimum Gasteiger partial charge on any atom is -0.344 e. The first kappa shape index (κ1) is 11.7. The second-order valence-electron chi connectivity index (χ2n) is 4.36. The number of nitrogens with zero attached hydrogens (tertiary/aromatic N) is 2. The van der Waals surface area contributed by atoms with Crippen molar-refractivity contribution < 1.29 is 4.79 Å². The number of aromatic nitrogens is 1. The summed E-state index contributed by atoms with van der Waals surface area (Å²) in [5.74, 6) is 0.145. The lowest BCUT2D eigenvalue weighted by Crippen LogP contribution is -2.29. The van der Waals surface area contributed by atoms with Gasteiger partial charge in [0.25, 0.3) is 0 Å². The number of carbonyl (C=O) groups excluding carboxylic acids is 1. The fourth-order valence-electron chi connectivity index (χ4n) is 1.96. The molecule has 1 aromatic carbocycles. The Kier molecular flexibility index (Phi) is 3.18. The van der Waals surface area contributed by atoms with E-state index in [1.165, 1.54) is 10.9 Å². The molecule has 0 bridgehead atoms. The lowest BCUT2D eigenvalue weighted by molar-refractivity contribution is -0.130. The first-order chi connectivity index (χ1) is 8.13. The molecule has 0 unspecified atom stereocenters. The molecule has 0 atom stereocenters. The topological polar surface area (TPSA) is 25.2 Å². The van der Waals surface area contributed by atoms with Crippen LogP contribution in [0.3, 0.4) is 0 Å². The highest BCUT2D eigenvalue weighted by Gasteiger charge is 2.09. The summed E-state index contributed by atoms with van der Waals surface area (Å²) in [6.45, 7) is 5.23. The molecule has 0 aliphatic carbocycles. The van der Waals surface area contributed by atoms with E-state index < -0.39 is 0 Å². The standard InChI is InChI=1S/C14H18N2O/c1-4-15(3)14(17)10-16-9-8-12-11(2)6-5-7-13(12)16/h5-9H,4,10H2,1-3H3. The maximum Gasteiger partial charge on any atom is 0.242 e. The van der Waals surface area contributed by atoms with Crippen LogP contribution in [0.15, 0.2) is 30.5 Å². The number of likely N-dealkylation sites (N-methyl/N-ethyl adjacent to an activating group) is 1. The van der Waals surface area contributed by atoms with Gasteiger partial charge < -0.3 is 9.47 Å². The van der Waals surface area contributed by atoms with E-state index in [-0.39, 0.29) is 5.91 Å². The quantitative estimate of drug-likeness (QED) is 0.795. The number of rotatable bonds is 3. The third kappa shape index (κ3) is 2.18. The van der Waals surface area contributed by atoms with Crippen molar-refractivity contribution in [3.8, 4) is 0 Å². The molecule has 1 amide bonds. The van der Waals surface area contributed by atoms with Gasteiger partial charge in [0.15, 0.2) is 0 Å². The highest BCUT2D eigenvalue weighted by molar-refractivity contribution is 5.85. The smallest absolute Gasteiger partial charge is 0.242 e. The number of hydrogen-bond donors (Lipinski definition) is 0. The van der Waals surface area contributed by atoms with Gasteiger partial charge in [0.05, 0.1) is 0 Å². The lowest BCUT2D eigenvalue weighted by atomic mass is 10.1. The summed E-state index contributed by atoms with van der Waals surface area (Å²) in [4.78, 5) is 13.6. The molecule has 90 valence electrons. The third-order valence-corrected chi connectivity index (χ3v) is 3.24. The van der Waals surface area contributed by atoms with Gasteiger partial charge in [-0.15, -0.1) is 0 Å². The Hall–Kier alpha value is -1.77. The van der Waals surface area contributed by atoms with Crippen LogP contribution in [0.4, 0.5) is 0 Å². The Morgan fingerprint density at radius 2 is 2.12 bits per heavy atom. The molecule has 0 saturated heterocycles. The molecule has 1 heterocycles. The highest BCUT2D eigenvalue weighted by Crippen LogP contribution is 2.19. The minimum absolute atomic E-state index is 0.145. The number of hydrogen-bond acceptors (Lipinski definition) is 1. The summed E-state index contributed by atoms with van der Waals surface area (Å²) in [6.07, 6.45) is 1.99. The van der Waals surface area contributed by atoms with Gasteiger partial charge in [0.1, 0.15) is 6.54 Å². The van der Waals surface area contributed by atoms with Crippen molar-refractivity contribution in [3.05, 3.63) is 36.0 Å². The van der Waals surface area contributed by atoms with Crippen LogP contribution in [0.1, 0.15) is 12.5 Å². The average molecular weight is 230 g/mol. The number of aryl methyl sites for hydroxylation is 1.